The van der Waals surface area contributed by atoms with E-state index in [1.807, 2.05) is 32.5 Å². The van der Waals surface area contributed by atoms with Crippen LogP contribution in [0.2, 0.25) is 0 Å². The number of aliphatic imine (C=N–C) groups is 1. The number of nitrogens with zero attached hydrogens (tertiary/aromatic N) is 5. The molecule has 0 saturated heterocycles. The molecule has 1 unspecified atom stereocenters. The average molecular weight is 367 g/mol. The molecule has 0 spiro atoms. The van der Waals surface area contributed by atoms with Gasteiger partial charge < -0.3 is 10.6 Å². The number of nitrogens with one attached hydrogen (secondary N) is 2. The third kappa shape index (κ3) is 4.80. The standard InChI is InChI=1S/C17H27F2N7/c1-6-20-17(22-10-15-21-7-8-26(15)16(18)19)23-11(2)9-14-12(3)24-25(5)13(14)4/h7-8,11,16H,6,9-10H2,1-5H3,(H2,20,22,23). The molecule has 144 valence electrons. The van der Waals surface area contributed by atoms with E-state index in [9.17, 15) is 8.78 Å². The molecule has 9 heteroatoms. The Bertz CT molecular complexity index is 748. The molecule has 7 nitrogen and oxygen atoms in total. The number of aryl methyl sites for hydroxylation is 2. The van der Waals surface area contributed by atoms with E-state index >= 15 is 0 Å². The fourth-order valence-electron chi connectivity index (χ4n) is 2.82. The van der Waals surface area contributed by atoms with Gasteiger partial charge in [-0.15, -0.1) is 0 Å². The summed E-state index contributed by atoms with van der Waals surface area (Å²) in [6.45, 7) is 6.19. The fourth-order valence-corrected chi connectivity index (χ4v) is 2.82. The largest absolute Gasteiger partial charge is 0.357 e. The normalized spacial score (nSPS) is 13.3. The van der Waals surface area contributed by atoms with Gasteiger partial charge in [0.1, 0.15) is 12.4 Å². The highest BCUT2D eigenvalue weighted by Gasteiger charge is 2.15. The molecule has 0 radical (unpaired) electrons. The van der Waals surface area contributed by atoms with Crippen molar-refractivity contribution in [2.45, 2.75) is 53.3 Å². The summed E-state index contributed by atoms with van der Waals surface area (Å²) in [5, 5.41) is 10.9. The molecule has 26 heavy (non-hydrogen) atoms. The van der Waals surface area contributed by atoms with Crippen LogP contribution in [0.25, 0.3) is 0 Å². The van der Waals surface area contributed by atoms with Crippen molar-refractivity contribution in [2.75, 3.05) is 6.54 Å². The van der Waals surface area contributed by atoms with Crippen LogP contribution in [-0.2, 0) is 20.0 Å². The van der Waals surface area contributed by atoms with Crippen LogP contribution in [0.15, 0.2) is 17.4 Å². The lowest BCUT2D eigenvalue weighted by molar-refractivity contribution is 0.0671. The van der Waals surface area contributed by atoms with Gasteiger partial charge in [-0.05, 0) is 39.7 Å². The Hall–Kier alpha value is -2.45. The third-order valence-electron chi connectivity index (χ3n) is 4.23. The molecule has 0 fully saturated rings. The topological polar surface area (TPSA) is 72.1 Å². The number of alkyl halides is 2. The van der Waals surface area contributed by atoms with Gasteiger partial charge in [0.15, 0.2) is 5.96 Å². The summed E-state index contributed by atoms with van der Waals surface area (Å²) in [5.41, 5.74) is 3.35. The maximum Gasteiger partial charge on any atom is 0.319 e. The van der Waals surface area contributed by atoms with Gasteiger partial charge in [0.05, 0.1) is 5.69 Å². The highest BCUT2D eigenvalue weighted by atomic mass is 19.3. The van der Waals surface area contributed by atoms with Crippen LogP contribution in [0.4, 0.5) is 8.78 Å². The van der Waals surface area contributed by atoms with Crippen LogP contribution < -0.4 is 10.6 Å². The van der Waals surface area contributed by atoms with Gasteiger partial charge in [0.25, 0.3) is 0 Å². The summed E-state index contributed by atoms with van der Waals surface area (Å²) >= 11 is 0. The van der Waals surface area contributed by atoms with E-state index in [4.69, 9.17) is 0 Å². The van der Waals surface area contributed by atoms with Crippen LogP contribution in [-0.4, -0.2) is 37.9 Å². The lowest BCUT2D eigenvalue weighted by Gasteiger charge is -2.18. The zero-order valence-corrected chi connectivity index (χ0v) is 15.9. The summed E-state index contributed by atoms with van der Waals surface area (Å²) in [4.78, 5) is 8.34. The number of halogens is 2. The molecule has 0 aliphatic rings. The second-order valence-electron chi connectivity index (χ2n) is 6.25. The molecule has 0 aromatic carbocycles. The van der Waals surface area contributed by atoms with Gasteiger partial charge >= 0.3 is 6.55 Å². The Morgan fingerprint density at radius 2 is 2.08 bits per heavy atom. The molecule has 0 saturated carbocycles. The zero-order chi connectivity index (χ0) is 19.3. The maximum atomic E-state index is 12.9. The van der Waals surface area contributed by atoms with Crippen molar-refractivity contribution in [3.8, 4) is 0 Å². The van der Waals surface area contributed by atoms with E-state index in [1.54, 1.807) is 0 Å². The van der Waals surface area contributed by atoms with E-state index in [-0.39, 0.29) is 18.4 Å². The predicted molar refractivity (Wildman–Crippen MR) is 97.3 cm³/mol. The van der Waals surface area contributed by atoms with Crippen molar-refractivity contribution in [3.63, 3.8) is 0 Å². The minimum atomic E-state index is -2.62. The Balaban J connectivity index is 2.05. The smallest absolute Gasteiger partial charge is 0.319 e. The lowest BCUT2D eigenvalue weighted by Crippen LogP contribution is -2.43. The Kier molecular flexibility index (Phi) is 6.70. The molecule has 2 aromatic rings. The van der Waals surface area contributed by atoms with E-state index in [1.165, 1.54) is 18.0 Å². The first-order valence-corrected chi connectivity index (χ1v) is 8.67. The van der Waals surface area contributed by atoms with E-state index in [2.05, 4.69) is 32.6 Å². The van der Waals surface area contributed by atoms with Gasteiger partial charge in [-0.3, -0.25) is 9.25 Å². The lowest BCUT2D eigenvalue weighted by atomic mass is 10.1. The monoisotopic (exact) mass is 367 g/mol. The number of rotatable bonds is 7. The molecular weight excluding hydrogens is 340 g/mol. The second kappa shape index (κ2) is 8.77. The van der Waals surface area contributed by atoms with E-state index < -0.39 is 6.55 Å². The SMILES string of the molecule is CCNC(=NCc1nccn1C(F)F)NC(C)Cc1c(C)nn(C)c1C. The number of aromatic nitrogens is 4. The first-order valence-electron chi connectivity index (χ1n) is 8.67. The van der Waals surface area contributed by atoms with Gasteiger partial charge in [0, 0.05) is 37.7 Å². The Morgan fingerprint density at radius 1 is 1.35 bits per heavy atom. The minimum absolute atomic E-state index is 0.0738. The summed E-state index contributed by atoms with van der Waals surface area (Å²) < 4.78 is 28.5. The quantitative estimate of drug-likeness (QED) is 0.582. The zero-order valence-electron chi connectivity index (χ0n) is 15.9. The fraction of sp³-hybridized carbons (Fsp3) is 0.588. The molecule has 2 N–H and O–H groups in total. The number of hydrogen-bond donors (Lipinski definition) is 2. The summed E-state index contributed by atoms with van der Waals surface area (Å²) in [5.74, 6) is 0.798. The predicted octanol–water partition coefficient (Wildman–Crippen LogP) is 2.31. The summed E-state index contributed by atoms with van der Waals surface area (Å²) in [6, 6.07) is 0.101. The van der Waals surface area contributed by atoms with Gasteiger partial charge in [-0.25, -0.2) is 9.98 Å². The first kappa shape index (κ1) is 19.9. The molecule has 1 atom stereocenters. The van der Waals surface area contributed by atoms with Gasteiger partial charge in [-0.2, -0.15) is 13.9 Å². The number of guanidine groups is 1. The molecule has 0 aliphatic heterocycles. The van der Waals surface area contributed by atoms with Crippen molar-refractivity contribution in [1.29, 1.82) is 0 Å². The van der Waals surface area contributed by atoms with Gasteiger partial charge in [0.2, 0.25) is 0 Å². The van der Waals surface area contributed by atoms with Crippen LogP contribution in [0.3, 0.4) is 0 Å². The number of imidazole rings is 1. The molecule has 0 aliphatic carbocycles. The van der Waals surface area contributed by atoms with Crippen LogP contribution >= 0.6 is 0 Å². The highest BCUT2D eigenvalue weighted by Crippen LogP contribution is 2.15. The third-order valence-corrected chi connectivity index (χ3v) is 4.23. The van der Waals surface area contributed by atoms with Crippen molar-refractivity contribution in [3.05, 3.63) is 35.2 Å². The van der Waals surface area contributed by atoms with Crippen LogP contribution in [0.5, 0.6) is 0 Å². The van der Waals surface area contributed by atoms with Crippen molar-refractivity contribution < 1.29 is 8.78 Å². The molecular formula is C17H27F2N7. The average Bonchev–Trinajstić information content (AvgIpc) is 3.13. The summed E-state index contributed by atoms with van der Waals surface area (Å²) in [6.07, 6.45) is 3.40. The summed E-state index contributed by atoms with van der Waals surface area (Å²) in [7, 11) is 1.93. The maximum absolute atomic E-state index is 12.9. The highest BCUT2D eigenvalue weighted by molar-refractivity contribution is 5.80. The molecule has 2 rings (SSSR count). The minimum Gasteiger partial charge on any atom is -0.357 e. The Labute approximate surface area is 152 Å². The Morgan fingerprint density at radius 3 is 2.65 bits per heavy atom. The van der Waals surface area contributed by atoms with Gasteiger partial charge in [-0.1, -0.05) is 0 Å². The van der Waals surface area contributed by atoms with Crippen molar-refractivity contribution >= 4 is 5.96 Å². The first-order chi connectivity index (χ1) is 12.3. The van der Waals surface area contributed by atoms with Crippen molar-refractivity contribution in [2.24, 2.45) is 12.0 Å². The molecule has 2 heterocycles. The molecule has 2 aromatic heterocycles. The number of hydrogen-bond acceptors (Lipinski definition) is 3. The van der Waals surface area contributed by atoms with E-state index in [0.29, 0.717) is 12.5 Å². The van der Waals surface area contributed by atoms with Crippen molar-refractivity contribution in [1.82, 2.24) is 30.0 Å². The second-order valence-corrected chi connectivity index (χ2v) is 6.25. The molecule has 0 amide bonds. The van der Waals surface area contributed by atoms with Crippen LogP contribution in [0, 0.1) is 13.8 Å². The molecule has 0 bridgehead atoms. The van der Waals surface area contributed by atoms with Crippen LogP contribution in [0.1, 0.15) is 43.2 Å². The van der Waals surface area contributed by atoms with E-state index in [0.717, 1.165) is 22.4 Å².